The van der Waals surface area contributed by atoms with Gasteiger partial charge in [-0.25, -0.2) is 17.2 Å². The molecule has 6 heteroatoms. The van der Waals surface area contributed by atoms with Crippen LogP contribution >= 0.6 is 0 Å². The molecule has 0 saturated heterocycles. The molecule has 0 fully saturated rings. The highest BCUT2D eigenvalue weighted by atomic mass is 32.2. The molecule has 0 amide bonds. The highest BCUT2D eigenvalue weighted by Crippen LogP contribution is 2.28. The molecule has 0 saturated carbocycles. The minimum absolute atomic E-state index is 0.224. The molecule has 1 aromatic carbocycles. The van der Waals surface area contributed by atoms with Crippen molar-refractivity contribution < 1.29 is 22.0 Å². The van der Waals surface area contributed by atoms with Crippen molar-refractivity contribution in [2.45, 2.75) is 11.3 Å². The van der Waals surface area contributed by atoms with Crippen molar-refractivity contribution in [2.75, 3.05) is 5.75 Å². The molecule has 1 heterocycles. The molecule has 15 heavy (non-hydrogen) atoms. The van der Waals surface area contributed by atoms with Crippen molar-refractivity contribution in [3.63, 3.8) is 0 Å². The first-order chi connectivity index (χ1) is 6.92. The Bertz CT molecular complexity index is 549. The van der Waals surface area contributed by atoms with Gasteiger partial charge in [0.2, 0.25) is 0 Å². The van der Waals surface area contributed by atoms with E-state index in [4.69, 9.17) is 0 Å². The fourth-order valence-corrected chi connectivity index (χ4v) is 3.07. The zero-order valence-corrected chi connectivity index (χ0v) is 8.27. The molecule has 0 atom stereocenters. The Morgan fingerprint density at radius 3 is 2.53 bits per heavy atom. The molecule has 0 N–H and O–H groups in total. The lowest BCUT2D eigenvalue weighted by Gasteiger charge is -2.15. The van der Waals surface area contributed by atoms with Gasteiger partial charge in [-0.3, -0.25) is 4.79 Å². The van der Waals surface area contributed by atoms with Crippen LogP contribution in [0.15, 0.2) is 17.0 Å². The van der Waals surface area contributed by atoms with Crippen molar-refractivity contribution in [1.29, 1.82) is 0 Å². The van der Waals surface area contributed by atoms with E-state index in [9.17, 15) is 22.0 Å². The van der Waals surface area contributed by atoms with Crippen molar-refractivity contribution in [3.8, 4) is 0 Å². The summed E-state index contributed by atoms with van der Waals surface area (Å²) in [5.41, 5.74) is -0.376. The van der Waals surface area contributed by atoms with E-state index in [0.29, 0.717) is 6.07 Å². The van der Waals surface area contributed by atoms with Crippen LogP contribution in [0.2, 0.25) is 0 Å². The Hall–Kier alpha value is -1.30. The second kappa shape index (κ2) is 3.10. The molecule has 0 radical (unpaired) electrons. The Labute approximate surface area is 84.6 Å². The van der Waals surface area contributed by atoms with Crippen LogP contribution in [-0.4, -0.2) is 20.0 Å². The predicted molar refractivity (Wildman–Crippen MR) is 47.4 cm³/mol. The molecular formula is C9H6F2O3S. The molecule has 0 spiro atoms. The third kappa shape index (κ3) is 1.54. The predicted octanol–water partition coefficient (Wildman–Crippen LogP) is 1.32. The van der Waals surface area contributed by atoms with E-state index in [1.54, 1.807) is 0 Å². The third-order valence-corrected chi connectivity index (χ3v) is 4.00. The van der Waals surface area contributed by atoms with E-state index in [0.717, 1.165) is 6.07 Å². The largest absolute Gasteiger partial charge is 0.294 e. The number of halogens is 2. The summed E-state index contributed by atoms with van der Waals surface area (Å²) in [4.78, 5) is 10.6. The van der Waals surface area contributed by atoms with Crippen molar-refractivity contribution in [1.82, 2.24) is 0 Å². The SMILES string of the molecule is O=C1CCS(=O)(=O)c2c(F)cc(F)cc21. The van der Waals surface area contributed by atoms with E-state index in [1.807, 2.05) is 0 Å². The van der Waals surface area contributed by atoms with E-state index >= 15 is 0 Å². The summed E-state index contributed by atoms with van der Waals surface area (Å²) >= 11 is 0. The van der Waals surface area contributed by atoms with E-state index < -0.39 is 37.9 Å². The maximum Gasteiger partial charge on any atom is 0.182 e. The third-order valence-electron chi connectivity index (χ3n) is 2.22. The van der Waals surface area contributed by atoms with Crippen molar-refractivity contribution in [3.05, 3.63) is 29.3 Å². The standard InChI is InChI=1S/C9H6F2O3S/c10-5-3-6-8(12)1-2-15(13,14)9(6)7(11)4-5/h3-4H,1-2H2. The molecule has 0 unspecified atom stereocenters. The highest BCUT2D eigenvalue weighted by Gasteiger charge is 2.32. The molecule has 0 bridgehead atoms. The van der Waals surface area contributed by atoms with E-state index in [-0.39, 0.29) is 12.0 Å². The number of Topliss-reactive ketones (excluding diaryl/α,β-unsaturated/α-hetero) is 1. The zero-order chi connectivity index (χ0) is 11.2. The van der Waals surface area contributed by atoms with E-state index in [2.05, 4.69) is 0 Å². The number of rotatable bonds is 0. The number of hydrogen-bond donors (Lipinski definition) is 0. The summed E-state index contributed by atoms with van der Waals surface area (Å²) in [5.74, 6) is -3.10. The van der Waals surface area contributed by atoms with Crippen LogP contribution in [0.5, 0.6) is 0 Å². The van der Waals surface area contributed by atoms with Crippen LogP contribution in [-0.2, 0) is 9.84 Å². The molecule has 1 aliphatic rings. The molecule has 80 valence electrons. The van der Waals surface area contributed by atoms with Gasteiger partial charge in [-0.2, -0.15) is 0 Å². The quantitative estimate of drug-likeness (QED) is 0.634. The first-order valence-corrected chi connectivity index (χ1v) is 5.82. The van der Waals surface area contributed by atoms with Crippen molar-refractivity contribution in [2.24, 2.45) is 0 Å². The Morgan fingerprint density at radius 1 is 1.20 bits per heavy atom. The number of carbonyl (C=O) groups excluding carboxylic acids is 1. The van der Waals surface area contributed by atoms with Gasteiger partial charge in [-0.15, -0.1) is 0 Å². The van der Waals surface area contributed by atoms with Crippen molar-refractivity contribution >= 4 is 15.6 Å². The van der Waals surface area contributed by atoms with Gasteiger partial charge in [-0.05, 0) is 6.07 Å². The second-order valence-corrected chi connectivity index (χ2v) is 5.30. The fraction of sp³-hybridized carbons (Fsp3) is 0.222. The average Bonchev–Trinajstić information content (AvgIpc) is 2.10. The van der Waals surface area contributed by atoms with Gasteiger partial charge < -0.3 is 0 Å². The summed E-state index contributed by atoms with van der Waals surface area (Å²) in [7, 11) is -3.78. The monoisotopic (exact) mass is 232 g/mol. The maximum atomic E-state index is 13.2. The van der Waals surface area contributed by atoms with Crippen LogP contribution in [0.3, 0.4) is 0 Å². The first-order valence-electron chi connectivity index (χ1n) is 4.17. The van der Waals surface area contributed by atoms with Crippen LogP contribution in [0.25, 0.3) is 0 Å². The minimum atomic E-state index is -3.78. The van der Waals surface area contributed by atoms with Gasteiger partial charge in [0, 0.05) is 18.1 Å². The number of sulfone groups is 1. The van der Waals surface area contributed by atoms with Crippen LogP contribution in [0, 0.1) is 11.6 Å². The molecule has 1 aromatic rings. The summed E-state index contributed by atoms with van der Waals surface area (Å²) < 4.78 is 48.9. The van der Waals surface area contributed by atoms with Gasteiger partial charge in [0.1, 0.15) is 16.5 Å². The van der Waals surface area contributed by atoms with Gasteiger partial charge in [0.25, 0.3) is 0 Å². The fourth-order valence-electron chi connectivity index (χ4n) is 1.55. The van der Waals surface area contributed by atoms with Gasteiger partial charge in [0.15, 0.2) is 15.6 Å². The Morgan fingerprint density at radius 2 is 1.87 bits per heavy atom. The summed E-state index contributed by atoms with van der Waals surface area (Å²) in [5, 5.41) is 0. The highest BCUT2D eigenvalue weighted by molar-refractivity contribution is 7.91. The Balaban J connectivity index is 2.85. The average molecular weight is 232 g/mol. The summed E-state index contributed by atoms with van der Waals surface area (Å²) in [6.45, 7) is 0. The number of hydrogen-bond acceptors (Lipinski definition) is 3. The number of ketones is 1. The number of carbonyl (C=O) groups is 1. The number of benzene rings is 1. The van der Waals surface area contributed by atoms with Crippen LogP contribution in [0.1, 0.15) is 16.8 Å². The zero-order valence-electron chi connectivity index (χ0n) is 7.46. The summed E-state index contributed by atoms with van der Waals surface area (Å²) in [6, 6.07) is 1.23. The van der Waals surface area contributed by atoms with E-state index in [1.165, 1.54) is 0 Å². The van der Waals surface area contributed by atoms with Gasteiger partial charge in [0.05, 0.1) is 5.75 Å². The number of fused-ring (bicyclic) bond motifs is 1. The van der Waals surface area contributed by atoms with Gasteiger partial charge >= 0.3 is 0 Å². The normalized spacial score (nSPS) is 18.7. The summed E-state index contributed by atoms with van der Waals surface area (Å²) in [6.07, 6.45) is -0.224. The van der Waals surface area contributed by atoms with Gasteiger partial charge in [-0.1, -0.05) is 0 Å². The molecule has 1 aliphatic heterocycles. The lowest BCUT2D eigenvalue weighted by molar-refractivity contribution is 0.0981. The Kier molecular flexibility index (Phi) is 2.11. The lowest BCUT2D eigenvalue weighted by Crippen LogP contribution is -2.23. The molecular weight excluding hydrogens is 226 g/mol. The molecule has 2 rings (SSSR count). The second-order valence-electron chi connectivity index (χ2n) is 3.26. The molecule has 3 nitrogen and oxygen atoms in total. The first kappa shape index (κ1) is 10.2. The minimum Gasteiger partial charge on any atom is -0.294 e. The van der Waals surface area contributed by atoms with Crippen LogP contribution < -0.4 is 0 Å². The van der Waals surface area contributed by atoms with Crippen LogP contribution in [0.4, 0.5) is 8.78 Å². The smallest absolute Gasteiger partial charge is 0.182 e. The maximum absolute atomic E-state index is 13.2. The lowest BCUT2D eigenvalue weighted by atomic mass is 10.1. The molecule has 0 aromatic heterocycles. The topological polar surface area (TPSA) is 51.2 Å². The molecule has 0 aliphatic carbocycles.